The zero-order valence-electron chi connectivity index (χ0n) is 6.35. The number of aromatic hydroxyl groups is 2. The highest BCUT2D eigenvalue weighted by Gasteiger charge is 2.08. The minimum atomic E-state index is 0.0134. The van der Waals surface area contributed by atoms with Gasteiger partial charge >= 0.3 is 0 Å². The van der Waals surface area contributed by atoms with Crippen LogP contribution < -0.4 is 0 Å². The van der Waals surface area contributed by atoms with E-state index in [1.807, 2.05) is 0 Å². The number of aryl methyl sites for hydroxylation is 1. The monoisotopic (exact) mass is 172 g/mol. The fraction of sp³-hybridized carbons (Fsp3) is 0.250. The van der Waals surface area contributed by atoms with Crippen LogP contribution in [0, 0.1) is 13.8 Å². The highest BCUT2D eigenvalue weighted by atomic mass is 35.5. The largest absolute Gasteiger partial charge is 0.507 e. The lowest BCUT2D eigenvalue weighted by molar-refractivity contribution is 0.453. The second-order valence-corrected chi connectivity index (χ2v) is 2.88. The van der Waals surface area contributed by atoms with Crippen LogP contribution in [0.25, 0.3) is 0 Å². The van der Waals surface area contributed by atoms with E-state index < -0.39 is 0 Å². The van der Waals surface area contributed by atoms with Gasteiger partial charge in [-0.15, -0.1) is 0 Å². The van der Waals surface area contributed by atoms with Gasteiger partial charge in [-0.05, 0) is 25.5 Å². The molecule has 0 amide bonds. The van der Waals surface area contributed by atoms with E-state index in [2.05, 4.69) is 0 Å². The first-order valence-electron chi connectivity index (χ1n) is 3.21. The predicted molar refractivity (Wildman–Crippen MR) is 44.3 cm³/mol. The van der Waals surface area contributed by atoms with E-state index in [9.17, 15) is 5.11 Å². The second kappa shape index (κ2) is 2.62. The third-order valence-electron chi connectivity index (χ3n) is 1.64. The Balaban J connectivity index is 3.46. The van der Waals surface area contributed by atoms with E-state index in [0.717, 1.165) is 0 Å². The molecule has 0 aromatic heterocycles. The Hall–Kier alpha value is -0.890. The smallest absolute Gasteiger partial charge is 0.134 e. The summed E-state index contributed by atoms with van der Waals surface area (Å²) in [5.41, 5.74) is 1.15. The zero-order valence-corrected chi connectivity index (χ0v) is 7.11. The molecule has 0 aliphatic carbocycles. The Morgan fingerprint density at radius 1 is 1.27 bits per heavy atom. The maximum absolute atomic E-state index is 9.32. The van der Waals surface area contributed by atoms with Crippen LogP contribution in [-0.4, -0.2) is 10.2 Å². The van der Waals surface area contributed by atoms with Gasteiger partial charge in [-0.1, -0.05) is 11.6 Å². The number of phenols is 2. The van der Waals surface area contributed by atoms with E-state index >= 15 is 0 Å². The van der Waals surface area contributed by atoms with Gasteiger partial charge in [0.2, 0.25) is 0 Å². The van der Waals surface area contributed by atoms with Crippen LogP contribution in [0.3, 0.4) is 0 Å². The van der Waals surface area contributed by atoms with Gasteiger partial charge in [0.15, 0.2) is 0 Å². The molecule has 0 aliphatic heterocycles. The van der Waals surface area contributed by atoms with Gasteiger partial charge in [0.05, 0.1) is 5.02 Å². The number of hydrogen-bond donors (Lipinski definition) is 2. The third-order valence-corrected chi connectivity index (χ3v) is 2.11. The van der Waals surface area contributed by atoms with Gasteiger partial charge in [0, 0.05) is 5.56 Å². The Morgan fingerprint density at radius 3 is 2.36 bits per heavy atom. The molecule has 0 atom stereocenters. The van der Waals surface area contributed by atoms with Crippen molar-refractivity contribution < 1.29 is 10.2 Å². The average molecular weight is 173 g/mol. The zero-order chi connectivity index (χ0) is 8.59. The first kappa shape index (κ1) is 8.21. The summed E-state index contributed by atoms with van der Waals surface area (Å²) in [5, 5.41) is 18.7. The van der Waals surface area contributed by atoms with E-state index in [1.54, 1.807) is 13.8 Å². The van der Waals surface area contributed by atoms with Crippen LogP contribution in [-0.2, 0) is 0 Å². The van der Waals surface area contributed by atoms with E-state index in [1.165, 1.54) is 6.07 Å². The van der Waals surface area contributed by atoms with Crippen LogP contribution >= 0.6 is 11.6 Å². The molecule has 1 rings (SSSR count). The van der Waals surface area contributed by atoms with Gasteiger partial charge in [-0.25, -0.2) is 0 Å². The van der Waals surface area contributed by atoms with E-state index in [4.69, 9.17) is 16.7 Å². The van der Waals surface area contributed by atoms with Crippen molar-refractivity contribution in [2.24, 2.45) is 0 Å². The fourth-order valence-electron chi connectivity index (χ4n) is 0.929. The van der Waals surface area contributed by atoms with Gasteiger partial charge < -0.3 is 10.2 Å². The van der Waals surface area contributed by atoms with Gasteiger partial charge in [0.1, 0.15) is 11.5 Å². The summed E-state index contributed by atoms with van der Waals surface area (Å²) >= 11 is 5.64. The van der Waals surface area contributed by atoms with Crippen molar-refractivity contribution in [2.45, 2.75) is 13.8 Å². The van der Waals surface area contributed by atoms with Crippen LogP contribution in [0.15, 0.2) is 6.07 Å². The van der Waals surface area contributed by atoms with E-state index in [0.29, 0.717) is 11.1 Å². The molecule has 60 valence electrons. The van der Waals surface area contributed by atoms with Crippen molar-refractivity contribution in [3.8, 4) is 11.5 Å². The molecule has 0 fully saturated rings. The van der Waals surface area contributed by atoms with Crippen molar-refractivity contribution in [3.05, 3.63) is 22.2 Å². The van der Waals surface area contributed by atoms with Crippen LogP contribution in [0.2, 0.25) is 5.02 Å². The van der Waals surface area contributed by atoms with Crippen LogP contribution in [0.1, 0.15) is 11.1 Å². The Kier molecular flexibility index (Phi) is 1.96. The SMILES string of the molecule is Cc1cc(O)c(Cl)c(C)c1O. The minimum Gasteiger partial charge on any atom is -0.507 e. The fourth-order valence-corrected chi connectivity index (χ4v) is 1.07. The Labute approximate surface area is 70.1 Å². The molecule has 0 saturated heterocycles. The highest BCUT2D eigenvalue weighted by Crippen LogP contribution is 2.35. The summed E-state index contributed by atoms with van der Waals surface area (Å²) in [5.74, 6) is 0.160. The van der Waals surface area contributed by atoms with Crippen molar-refractivity contribution in [1.82, 2.24) is 0 Å². The normalized spacial score (nSPS) is 10.1. The first-order valence-corrected chi connectivity index (χ1v) is 3.59. The van der Waals surface area contributed by atoms with Crippen molar-refractivity contribution in [2.75, 3.05) is 0 Å². The molecular formula is C8H9ClO2. The highest BCUT2D eigenvalue weighted by molar-refractivity contribution is 6.33. The maximum Gasteiger partial charge on any atom is 0.134 e. The van der Waals surface area contributed by atoms with Crippen LogP contribution in [0.5, 0.6) is 11.5 Å². The predicted octanol–water partition coefficient (Wildman–Crippen LogP) is 2.37. The number of rotatable bonds is 0. The molecule has 2 N–H and O–H groups in total. The average Bonchev–Trinajstić information content (AvgIpc) is 1.97. The molecule has 11 heavy (non-hydrogen) atoms. The van der Waals surface area contributed by atoms with Crippen molar-refractivity contribution in [1.29, 1.82) is 0 Å². The molecule has 0 spiro atoms. The maximum atomic E-state index is 9.32. The first-order chi connectivity index (χ1) is 5.04. The second-order valence-electron chi connectivity index (χ2n) is 2.50. The van der Waals surface area contributed by atoms with Gasteiger partial charge in [0.25, 0.3) is 0 Å². The number of phenolic OH excluding ortho intramolecular Hbond substituents is 2. The molecule has 1 aromatic carbocycles. The molecule has 3 heteroatoms. The number of halogens is 1. The number of benzene rings is 1. The summed E-state index contributed by atoms with van der Waals surface area (Å²) in [4.78, 5) is 0. The molecule has 0 radical (unpaired) electrons. The summed E-state index contributed by atoms with van der Waals surface area (Å²) in [7, 11) is 0. The summed E-state index contributed by atoms with van der Waals surface area (Å²) in [6, 6.07) is 1.44. The number of hydrogen-bond acceptors (Lipinski definition) is 2. The Morgan fingerprint density at radius 2 is 1.82 bits per heavy atom. The molecule has 0 unspecified atom stereocenters. The summed E-state index contributed by atoms with van der Waals surface area (Å²) in [6.45, 7) is 3.36. The lowest BCUT2D eigenvalue weighted by Crippen LogP contribution is -1.82. The summed E-state index contributed by atoms with van der Waals surface area (Å²) in [6.07, 6.45) is 0. The van der Waals surface area contributed by atoms with Crippen LogP contribution in [0.4, 0.5) is 0 Å². The molecule has 0 saturated carbocycles. The minimum absolute atomic E-state index is 0.0134. The van der Waals surface area contributed by atoms with Gasteiger partial charge in [-0.3, -0.25) is 0 Å². The molecule has 0 heterocycles. The third kappa shape index (κ3) is 1.26. The molecule has 0 bridgehead atoms. The molecule has 1 aromatic rings. The lowest BCUT2D eigenvalue weighted by atomic mass is 10.1. The molecule has 0 aliphatic rings. The Bertz CT molecular complexity index is 268. The summed E-state index contributed by atoms with van der Waals surface area (Å²) < 4.78 is 0. The molecular weight excluding hydrogens is 164 g/mol. The standard InChI is InChI=1S/C8H9ClO2/c1-4-3-6(10)7(9)5(2)8(4)11/h3,10-11H,1-2H3. The quantitative estimate of drug-likeness (QED) is 0.590. The van der Waals surface area contributed by atoms with E-state index in [-0.39, 0.29) is 16.5 Å². The molecule has 2 nitrogen and oxygen atoms in total. The lowest BCUT2D eigenvalue weighted by Gasteiger charge is -2.06. The van der Waals surface area contributed by atoms with Gasteiger partial charge in [-0.2, -0.15) is 0 Å². The topological polar surface area (TPSA) is 40.5 Å². The van der Waals surface area contributed by atoms with Crippen molar-refractivity contribution >= 4 is 11.6 Å². The van der Waals surface area contributed by atoms with Crippen molar-refractivity contribution in [3.63, 3.8) is 0 Å².